The summed E-state index contributed by atoms with van der Waals surface area (Å²) in [6.07, 6.45) is 1.91. The van der Waals surface area contributed by atoms with Crippen LogP contribution in [0.3, 0.4) is 0 Å². The third-order valence-electron chi connectivity index (χ3n) is 2.75. The molecule has 1 unspecified atom stereocenters. The van der Waals surface area contributed by atoms with E-state index in [0.717, 1.165) is 12.8 Å². The van der Waals surface area contributed by atoms with Crippen molar-refractivity contribution in [3.05, 3.63) is 35.9 Å². The number of aryl methyl sites for hydroxylation is 1. The molecular formula is C16H25NO2. The van der Waals surface area contributed by atoms with Crippen LogP contribution in [0, 0.1) is 0 Å². The van der Waals surface area contributed by atoms with Crippen molar-refractivity contribution in [3.8, 4) is 0 Å². The molecule has 0 spiro atoms. The Kier molecular flexibility index (Phi) is 6.03. The molecular weight excluding hydrogens is 238 g/mol. The number of hydrogen-bond donors (Lipinski definition) is 1. The zero-order valence-electron chi connectivity index (χ0n) is 12.4. The SMILES string of the molecule is CC(CCc1ccccc1)NC(=O)COC(C)(C)C. The van der Waals surface area contributed by atoms with Gasteiger partial charge in [0.15, 0.2) is 0 Å². The van der Waals surface area contributed by atoms with Gasteiger partial charge in [-0.2, -0.15) is 0 Å². The predicted molar refractivity (Wildman–Crippen MR) is 78.1 cm³/mol. The van der Waals surface area contributed by atoms with Gasteiger partial charge in [-0.15, -0.1) is 0 Å². The Balaban J connectivity index is 2.24. The third-order valence-corrected chi connectivity index (χ3v) is 2.75. The summed E-state index contributed by atoms with van der Waals surface area (Å²) in [7, 11) is 0. The summed E-state index contributed by atoms with van der Waals surface area (Å²) in [5.41, 5.74) is 1.03. The maximum absolute atomic E-state index is 11.7. The molecule has 1 atom stereocenters. The monoisotopic (exact) mass is 263 g/mol. The fourth-order valence-corrected chi connectivity index (χ4v) is 1.70. The molecule has 1 aromatic carbocycles. The molecule has 0 radical (unpaired) electrons. The highest BCUT2D eigenvalue weighted by atomic mass is 16.5. The second-order valence-electron chi connectivity index (χ2n) is 5.89. The van der Waals surface area contributed by atoms with Crippen molar-refractivity contribution in [1.82, 2.24) is 5.32 Å². The summed E-state index contributed by atoms with van der Waals surface area (Å²) in [5, 5.41) is 2.96. The average molecular weight is 263 g/mol. The highest BCUT2D eigenvalue weighted by Crippen LogP contribution is 2.07. The fraction of sp³-hybridized carbons (Fsp3) is 0.562. The molecule has 106 valence electrons. The fourth-order valence-electron chi connectivity index (χ4n) is 1.70. The zero-order chi connectivity index (χ0) is 14.3. The molecule has 1 N–H and O–H groups in total. The minimum absolute atomic E-state index is 0.0458. The molecule has 1 amide bonds. The first-order valence-corrected chi connectivity index (χ1v) is 6.84. The Morgan fingerprint density at radius 1 is 1.26 bits per heavy atom. The van der Waals surface area contributed by atoms with E-state index in [1.54, 1.807) is 0 Å². The Hall–Kier alpha value is -1.35. The van der Waals surface area contributed by atoms with Gasteiger partial charge in [0, 0.05) is 6.04 Å². The van der Waals surface area contributed by atoms with Crippen LogP contribution >= 0.6 is 0 Å². The molecule has 0 aromatic heterocycles. The van der Waals surface area contributed by atoms with Crippen LogP contribution < -0.4 is 5.32 Å². The Morgan fingerprint density at radius 3 is 2.47 bits per heavy atom. The summed E-state index contributed by atoms with van der Waals surface area (Å²) >= 11 is 0. The normalized spacial score (nSPS) is 13.1. The predicted octanol–water partition coefficient (Wildman–Crippen LogP) is 2.94. The van der Waals surface area contributed by atoms with E-state index >= 15 is 0 Å². The summed E-state index contributed by atoms with van der Waals surface area (Å²) < 4.78 is 5.44. The number of benzene rings is 1. The smallest absolute Gasteiger partial charge is 0.246 e. The molecule has 0 heterocycles. The van der Waals surface area contributed by atoms with Crippen molar-refractivity contribution in [2.75, 3.05) is 6.61 Å². The molecule has 3 nitrogen and oxygen atoms in total. The summed E-state index contributed by atoms with van der Waals surface area (Å²) in [6.45, 7) is 7.98. The van der Waals surface area contributed by atoms with E-state index in [4.69, 9.17) is 4.74 Å². The molecule has 0 aliphatic heterocycles. The summed E-state index contributed by atoms with van der Waals surface area (Å²) in [4.78, 5) is 11.7. The minimum Gasteiger partial charge on any atom is -0.366 e. The number of rotatable bonds is 6. The van der Waals surface area contributed by atoms with Crippen molar-refractivity contribution >= 4 is 5.91 Å². The van der Waals surface area contributed by atoms with Gasteiger partial charge in [-0.25, -0.2) is 0 Å². The standard InChI is InChI=1S/C16H25NO2/c1-13(10-11-14-8-6-5-7-9-14)17-15(18)12-19-16(2,3)4/h5-9,13H,10-12H2,1-4H3,(H,17,18). The van der Waals surface area contributed by atoms with Gasteiger partial charge in [0.2, 0.25) is 5.91 Å². The minimum atomic E-state index is -0.273. The lowest BCUT2D eigenvalue weighted by atomic mass is 10.1. The van der Waals surface area contributed by atoms with Gasteiger partial charge in [0.25, 0.3) is 0 Å². The molecule has 0 bridgehead atoms. The van der Waals surface area contributed by atoms with E-state index < -0.39 is 0 Å². The van der Waals surface area contributed by atoms with Crippen molar-refractivity contribution in [1.29, 1.82) is 0 Å². The van der Waals surface area contributed by atoms with Crippen LogP contribution in [-0.2, 0) is 16.0 Å². The topological polar surface area (TPSA) is 38.3 Å². The lowest BCUT2D eigenvalue weighted by Gasteiger charge is -2.20. The van der Waals surface area contributed by atoms with Crippen LogP contribution in [0.5, 0.6) is 0 Å². The molecule has 3 heteroatoms. The van der Waals surface area contributed by atoms with Crippen molar-refractivity contribution in [2.45, 2.75) is 52.2 Å². The van der Waals surface area contributed by atoms with Gasteiger partial charge >= 0.3 is 0 Å². The highest BCUT2D eigenvalue weighted by molar-refractivity contribution is 5.77. The number of hydrogen-bond acceptors (Lipinski definition) is 2. The van der Waals surface area contributed by atoms with Crippen LogP contribution in [0.1, 0.15) is 39.7 Å². The summed E-state index contributed by atoms with van der Waals surface area (Å²) in [6, 6.07) is 10.5. The molecule has 0 aliphatic rings. The Bertz CT molecular complexity index is 381. The van der Waals surface area contributed by atoms with Crippen LogP contribution in [0.15, 0.2) is 30.3 Å². The lowest BCUT2D eigenvalue weighted by Crippen LogP contribution is -2.37. The average Bonchev–Trinajstić information content (AvgIpc) is 2.34. The number of carbonyl (C=O) groups is 1. The van der Waals surface area contributed by atoms with E-state index in [9.17, 15) is 4.79 Å². The first-order valence-electron chi connectivity index (χ1n) is 6.84. The van der Waals surface area contributed by atoms with Gasteiger partial charge in [-0.1, -0.05) is 30.3 Å². The van der Waals surface area contributed by atoms with E-state index in [1.807, 2.05) is 45.9 Å². The zero-order valence-corrected chi connectivity index (χ0v) is 12.4. The van der Waals surface area contributed by atoms with Gasteiger partial charge in [-0.3, -0.25) is 4.79 Å². The second-order valence-corrected chi connectivity index (χ2v) is 5.89. The van der Waals surface area contributed by atoms with Gasteiger partial charge in [0.05, 0.1) is 5.60 Å². The first-order chi connectivity index (χ1) is 8.87. The largest absolute Gasteiger partial charge is 0.366 e. The van der Waals surface area contributed by atoms with Gasteiger partial charge in [-0.05, 0) is 46.1 Å². The van der Waals surface area contributed by atoms with Crippen LogP contribution in [0.25, 0.3) is 0 Å². The molecule has 0 fully saturated rings. The molecule has 0 saturated heterocycles. The van der Waals surface area contributed by atoms with E-state index in [0.29, 0.717) is 0 Å². The van der Waals surface area contributed by atoms with Crippen LogP contribution in [0.4, 0.5) is 0 Å². The summed E-state index contributed by atoms with van der Waals surface area (Å²) in [5.74, 6) is -0.0458. The maximum Gasteiger partial charge on any atom is 0.246 e. The Labute approximate surface area is 116 Å². The first kappa shape index (κ1) is 15.7. The van der Waals surface area contributed by atoms with Gasteiger partial charge < -0.3 is 10.1 Å². The van der Waals surface area contributed by atoms with Crippen molar-refractivity contribution < 1.29 is 9.53 Å². The molecule has 1 rings (SSSR count). The Morgan fingerprint density at radius 2 is 1.89 bits per heavy atom. The molecule has 0 saturated carbocycles. The van der Waals surface area contributed by atoms with Crippen LogP contribution in [-0.4, -0.2) is 24.2 Å². The van der Waals surface area contributed by atoms with Gasteiger partial charge in [0.1, 0.15) is 6.61 Å². The van der Waals surface area contributed by atoms with E-state index in [2.05, 4.69) is 17.4 Å². The number of amides is 1. The lowest BCUT2D eigenvalue weighted by molar-refractivity contribution is -0.131. The van der Waals surface area contributed by atoms with Crippen LogP contribution in [0.2, 0.25) is 0 Å². The van der Waals surface area contributed by atoms with E-state index in [-0.39, 0.29) is 24.2 Å². The third kappa shape index (κ3) is 7.62. The quantitative estimate of drug-likeness (QED) is 0.857. The van der Waals surface area contributed by atoms with Crippen molar-refractivity contribution in [2.24, 2.45) is 0 Å². The molecule has 1 aromatic rings. The molecule has 19 heavy (non-hydrogen) atoms. The number of ether oxygens (including phenoxy) is 1. The maximum atomic E-state index is 11.7. The highest BCUT2D eigenvalue weighted by Gasteiger charge is 2.14. The van der Waals surface area contributed by atoms with Crippen molar-refractivity contribution in [3.63, 3.8) is 0 Å². The second kappa shape index (κ2) is 7.29. The number of nitrogens with one attached hydrogen (secondary N) is 1. The molecule has 0 aliphatic carbocycles. The number of carbonyl (C=O) groups excluding carboxylic acids is 1. The van der Waals surface area contributed by atoms with E-state index in [1.165, 1.54) is 5.56 Å².